The van der Waals surface area contributed by atoms with Gasteiger partial charge in [-0.05, 0) is 24.5 Å². The van der Waals surface area contributed by atoms with E-state index in [4.69, 9.17) is 4.74 Å². The summed E-state index contributed by atoms with van der Waals surface area (Å²) in [6, 6.07) is 6.15. The van der Waals surface area contributed by atoms with Crippen molar-refractivity contribution < 1.29 is 4.74 Å². The molecule has 2 rings (SSSR count). The Morgan fingerprint density at radius 2 is 2.00 bits per heavy atom. The van der Waals surface area contributed by atoms with Crippen LogP contribution in [0.2, 0.25) is 0 Å². The molecule has 0 aliphatic carbocycles. The minimum Gasteiger partial charge on any atom is -0.496 e. The Balaban J connectivity index is 2.64. The van der Waals surface area contributed by atoms with Gasteiger partial charge in [0.15, 0.2) is 5.82 Å². The summed E-state index contributed by atoms with van der Waals surface area (Å²) >= 11 is 0. The van der Waals surface area contributed by atoms with Crippen molar-refractivity contribution in [2.45, 2.75) is 26.7 Å². The van der Waals surface area contributed by atoms with Crippen LogP contribution in [0.15, 0.2) is 18.2 Å². The highest BCUT2D eigenvalue weighted by molar-refractivity contribution is 5.67. The fraction of sp³-hybridized carbons (Fsp3) is 0.429. The number of ether oxygens (including phenoxy) is 1. The molecule has 0 saturated heterocycles. The van der Waals surface area contributed by atoms with Gasteiger partial charge in [-0.1, -0.05) is 26.0 Å². The number of methoxy groups -OCH3 is 1. The van der Waals surface area contributed by atoms with Crippen molar-refractivity contribution in [2.24, 2.45) is 7.05 Å². The number of hydrogen-bond acceptors (Lipinski definition) is 3. The first-order valence-electron chi connectivity index (χ1n) is 6.09. The maximum atomic E-state index is 5.58. The second-order valence-corrected chi connectivity index (χ2v) is 4.69. The third-order valence-electron chi connectivity index (χ3n) is 2.98. The number of rotatable bonds is 3. The zero-order valence-electron chi connectivity index (χ0n) is 11.6. The lowest BCUT2D eigenvalue weighted by molar-refractivity contribution is 0.408. The lowest BCUT2D eigenvalue weighted by atomic mass is 9.99. The predicted molar refractivity (Wildman–Crippen MR) is 71.8 cm³/mol. The summed E-state index contributed by atoms with van der Waals surface area (Å²) in [4.78, 5) is 4.46. The Hall–Kier alpha value is -1.84. The molecule has 1 heterocycles. The number of hydrogen-bond donors (Lipinski definition) is 0. The van der Waals surface area contributed by atoms with E-state index in [2.05, 4.69) is 30.0 Å². The molecule has 0 aliphatic heterocycles. The molecule has 18 heavy (non-hydrogen) atoms. The maximum Gasteiger partial charge on any atom is 0.161 e. The summed E-state index contributed by atoms with van der Waals surface area (Å²) in [6.07, 6.45) is 0. The number of benzene rings is 1. The molecule has 2 aromatic rings. The van der Waals surface area contributed by atoms with Crippen molar-refractivity contribution in [3.8, 4) is 17.1 Å². The smallest absolute Gasteiger partial charge is 0.161 e. The van der Waals surface area contributed by atoms with Gasteiger partial charge < -0.3 is 4.74 Å². The Bertz CT molecular complexity index is 558. The van der Waals surface area contributed by atoms with E-state index >= 15 is 0 Å². The zero-order chi connectivity index (χ0) is 13.3. The van der Waals surface area contributed by atoms with Gasteiger partial charge in [-0.3, -0.25) is 0 Å². The molecule has 4 heteroatoms. The summed E-state index contributed by atoms with van der Waals surface area (Å²) in [5.41, 5.74) is 2.18. The molecule has 4 nitrogen and oxygen atoms in total. The molecule has 0 radical (unpaired) electrons. The second-order valence-electron chi connectivity index (χ2n) is 4.69. The normalized spacial score (nSPS) is 11.0. The molecule has 0 unspecified atom stereocenters. The van der Waals surface area contributed by atoms with Gasteiger partial charge in [0.05, 0.1) is 12.7 Å². The second kappa shape index (κ2) is 4.80. The number of para-hydroxylation sites is 1. The first-order chi connectivity index (χ1) is 8.54. The van der Waals surface area contributed by atoms with E-state index in [1.54, 1.807) is 11.8 Å². The number of nitrogens with zero attached hydrogens (tertiary/aromatic N) is 3. The molecule has 0 fully saturated rings. The van der Waals surface area contributed by atoms with Crippen LogP contribution in [-0.2, 0) is 7.05 Å². The third-order valence-corrected chi connectivity index (χ3v) is 2.98. The van der Waals surface area contributed by atoms with Crippen molar-refractivity contribution in [1.82, 2.24) is 14.8 Å². The van der Waals surface area contributed by atoms with Crippen molar-refractivity contribution >= 4 is 0 Å². The van der Waals surface area contributed by atoms with Gasteiger partial charge in [-0.15, -0.1) is 0 Å². The molecule has 0 saturated carbocycles. The molecule has 0 N–H and O–H groups in total. The highest BCUT2D eigenvalue weighted by Crippen LogP contribution is 2.35. The van der Waals surface area contributed by atoms with Crippen LogP contribution >= 0.6 is 0 Å². The molecule has 0 atom stereocenters. The molecular formula is C14H19N3O. The van der Waals surface area contributed by atoms with Crippen LogP contribution in [0.4, 0.5) is 0 Å². The molecule has 0 aliphatic rings. The van der Waals surface area contributed by atoms with Crippen molar-refractivity contribution in [1.29, 1.82) is 0 Å². The Morgan fingerprint density at radius 3 is 2.50 bits per heavy atom. The van der Waals surface area contributed by atoms with Crippen LogP contribution in [0.1, 0.15) is 31.2 Å². The van der Waals surface area contributed by atoms with Gasteiger partial charge in [0.2, 0.25) is 0 Å². The minimum absolute atomic E-state index is 0.411. The van der Waals surface area contributed by atoms with E-state index in [1.807, 2.05) is 26.1 Å². The fourth-order valence-corrected chi connectivity index (χ4v) is 2.16. The minimum atomic E-state index is 0.411. The average Bonchev–Trinajstić information content (AvgIpc) is 2.67. The van der Waals surface area contributed by atoms with Crippen LogP contribution < -0.4 is 4.74 Å². The molecule has 0 amide bonds. The van der Waals surface area contributed by atoms with Gasteiger partial charge in [-0.25, -0.2) is 9.67 Å². The summed E-state index contributed by atoms with van der Waals surface area (Å²) in [5, 5.41) is 4.29. The lowest BCUT2D eigenvalue weighted by Crippen LogP contribution is -2.00. The van der Waals surface area contributed by atoms with Crippen molar-refractivity contribution in [3.63, 3.8) is 0 Å². The highest BCUT2D eigenvalue weighted by atomic mass is 16.5. The topological polar surface area (TPSA) is 39.9 Å². The first kappa shape index (κ1) is 12.6. The fourth-order valence-electron chi connectivity index (χ4n) is 2.16. The van der Waals surface area contributed by atoms with E-state index in [1.165, 1.54) is 5.56 Å². The molecule has 1 aromatic carbocycles. The standard InChI is InChI=1S/C14H19N3O/c1-9(2)11-7-6-8-12(13(11)18-5)14-15-10(3)16-17(14)4/h6-9H,1-5H3. The van der Waals surface area contributed by atoms with Gasteiger partial charge in [0, 0.05) is 7.05 Å². The van der Waals surface area contributed by atoms with E-state index in [9.17, 15) is 0 Å². The number of aryl methyl sites for hydroxylation is 2. The largest absolute Gasteiger partial charge is 0.496 e. The van der Waals surface area contributed by atoms with Crippen LogP contribution in [0.5, 0.6) is 5.75 Å². The van der Waals surface area contributed by atoms with Crippen LogP contribution in [0.25, 0.3) is 11.4 Å². The first-order valence-corrected chi connectivity index (χ1v) is 6.09. The maximum absolute atomic E-state index is 5.58. The van der Waals surface area contributed by atoms with E-state index in [0.717, 1.165) is 23.0 Å². The van der Waals surface area contributed by atoms with Gasteiger partial charge in [-0.2, -0.15) is 5.10 Å². The molecule has 0 bridgehead atoms. The van der Waals surface area contributed by atoms with Gasteiger partial charge in [0.1, 0.15) is 11.6 Å². The van der Waals surface area contributed by atoms with E-state index < -0.39 is 0 Å². The summed E-state index contributed by atoms with van der Waals surface area (Å²) < 4.78 is 7.36. The molecular weight excluding hydrogens is 226 g/mol. The summed E-state index contributed by atoms with van der Waals surface area (Å²) in [5.74, 6) is 2.91. The summed E-state index contributed by atoms with van der Waals surface area (Å²) in [6.45, 7) is 6.20. The SMILES string of the molecule is COc1c(-c2nc(C)nn2C)cccc1C(C)C. The van der Waals surface area contributed by atoms with E-state index in [0.29, 0.717) is 5.92 Å². The molecule has 0 spiro atoms. The highest BCUT2D eigenvalue weighted by Gasteiger charge is 2.16. The monoisotopic (exact) mass is 245 g/mol. The molecule has 1 aromatic heterocycles. The van der Waals surface area contributed by atoms with Crippen LogP contribution in [-0.4, -0.2) is 21.9 Å². The van der Waals surface area contributed by atoms with E-state index in [-0.39, 0.29) is 0 Å². The predicted octanol–water partition coefficient (Wildman–Crippen LogP) is 2.92. The Morgan fingerprint density at radius 1 is 1.28 bits per heavy atom. The average molecular weight is 245 g/mol. The third kappa shape index (κ3) is 2.10. The molecule has 96 valence electrons. The van der Waals surface area contributed by atoms with Gasteiger partial charge >= 0.3 is 0 Å². The van der Waals surface area contributed by atoms with Crippen molar-refractivity contribution in [3.05, 3.63) is 29.6 Å². The zero-order valence-corrected chi connectivity index (χ0v) is 11.6. The lowest BCUT2D eigenvalue weighted by Gasteiger charge is -2.15. The Kier molecular flexibility index (Phi) is 3.36. The van der Waals surface area contributed by atoms with Crippen LogP contribution in [0, 0.1) is 6.92 Å². The number of aromatic nitrogens is 3. The van der Waals surface area contributed by atoms with Crippen LogP contribution in [0.3, 0.4) is 0 Å². The Labute approximate surface area is 108 Å². The van der Waals surface area contributed by atoms with Crippen molar-refractivity contribution in [2.75, 3.05) is 7.11 Å². The summed E-state index contributed by atoms with van der Waals surface area (Å²) in [7, 11) is 3.60. The van der Waals surface area contributed by atoms with Gasteiger partial charge in [0.25, 0.3) is 0 Å². The quantitative estimate of drug-likeness (QED) is 0.834.